The maximum atomic E-state index is 12.3. The van der Waals surface area contributed by atoms with E-state index in [0.717, 1.165) is 33.5 Å². The smallest absolute Gasteiger partial charge is 0.234 e. The molecule has 0 bridgehead atoms. The Labute approximate surface area is 162 Å². The van der Waals surface area contributed by atoms with Crippen LogP contribution in [-0.4, -0.2) is 27.9 Å². The number of carbonyl (C=O) groups excluding carboxylic acids is 1. The lowest BCUT2D eigenvalue weighted by Crippen LogP contribution is -2.14. The number of aromatic amines is 1. The number of hydrogen-bond donors (Lipinski definition) is 2. The number of para-hydroxylation sites is 1. The summed E-state index contributed by atoms with van der Waals surface area (Å²) in [5.74, 6) is 0.288. The zero-order valence-corrected chi connectivity index (χ0v) is 16.4. The number of nitrogens with one attached hydrogen (secondary N) is 2. The average molecular weight is 384 g/mol. The van der Waals surface area contributed by atoms with Crippen LogP contribution >= 0.6 is 23.5 Å². The van der Waals surface area contributed by atoms with Crippen LogP contribution < -0.4 is 5.32 Å². The van der Waals surface area contributed by atoms with Crippen LogP contribution in [0.5, 0.6) is 0 Å². The fourth-order valence-electron chi connectivity index (χ4n) is 2.56. The highest BCUT2D eigenvalue weighted by atomic mass is 32.2. The molecule has 0 aliphatic carbocycles. The van der Waals surface area contributed by atoms with Gasteiger partial charge in [0.15, 0.2) is 5.16 Å². The summed E-state index contributed by atoms with van der Waals surface area (Å²) in [4.78, 5) is 21.2. The van der Waals surface area contributed by atoms with Gasteiger partial charge in [-0.15, -0.1) is 11.8 Å². The quantitative estimate of drug-likeness (QED) is 0.578. The van der Waals surface area contributed by atoms with E-state index < -0.39 is 0 Å². The first-order chi connectivity index (χ1) is 12.7. The molecule has 0 unspecified atom stereocenters. The fraction of sp³-hybridized carbons (Fsp3) is 0.200. The van der Waals surface area contributed by atoms with Gasteiger partial charge in [0.05, 0.1) is 17.1 Å². The Hall–Kier alpha value is -2.18. The van der Waals surface area contributed by atoms with Gasteiger partial charge in [-0.3, -0.25) is 4.79 Å². The van der Waals surface area contributed by atoms with Crippen LogP contribution in [0.3, 0.4) is 0 Å². The summed E-state index contributed by atoms with van der Waals surface area (Å²) in [5.41, 5.74) is 4.15. The predicted molar refractivity (Wildman–Crippen MR) is 110 cm³/mol. The van der Waals surface area contributed by atoms with Crippen LogP contribution in [0, 0.1) is 6.92 Å². The Morgan fingerprint density at radius 1 is 1.12 bits per heavy atom. The molecule has 0 saturated heterocycles. The van der Waals surface area contributed by atoms with Crippen LogP contribution in [0.25, 0.3) is 0 Å². The maximum Gasteiger partial charge on any atom is 0.234 e. The lowest BCUT2D eigenvalue weighted by atomic mass is 10.1. The zero-order chi connectivity index (χ0) is 18.4. The second-order valence-electron chi connectivity index (χ2n) is 5.81. The summed E-state index contributed by atoms with van der Waals surface area (Å²) in [6, 6.07) is 18.1. The van der Waals surface area contributed by atoms with E-state index in [1.165, 1.54) is 17.3 Å². The molecule has 0 spiro atoms. The van der Waals surface area contributed by atoms with Crippen molar-refractivity contribution in [3.63, 3.8) is 0 Å². The van der Waals surface area contributed by atoms with Crippen molar-refractivity contribution in [3.8, 4) is 0 Å². The number of anilines is 1. The molecule has 0 radical (unpaired) electrons. The molecule has 0 saturated carbocycles. The van der Waals surface area contributed by atoms with Crippen molar-refractivity contribution < 1.29 is 4.79 Å². The SMILES string of the molecule is CSc1ccccc1NC(=O)CSc1nc(Cc2ccccc2)c(C)[nH]1. The molecule has 2 aromatic carbocycles. The third-order valence-electron chi connectivity index (χ3n) is 3.90. The van der Waals surface area contributed by atoms with Gasteiger partial charge in [0, 0.05) is 17.0 Å². The first-order valence-electron chi connectivity index (χ1n) is 8.31. The third kappa shape index (κ3) is 4.93. The molecule has 0 aliphatic heterocycles. The van der Waals surface area contributed by atoms with E-state index in [1.54, 1.807) is 11.8 Å². The third-order valence-corrected chi connectivity index (χ3v) is 5.57. The Balaban J connectivity index is 1.58. The highest BCUT2D eigenvalue weighted by Crippen LogP contribution is 2.25. The summed E-state index contributed by atoms with van der Waals surface area (Å²) >= 11 is 3.04. The number of amides is 1. The normalized spacial score (nSPS) is 10.7. The van der Waals surface area contributed by atoms with Crippen molar-refractivity contribution in [3.05, 3.63) is 71.5 Å². The summed E-state index contributed by atoms with van der Waals surface area (Å²) in [7, 11) is 0. The van der Waals surface area contributed by atoms with Gasteiger partial charge in [-0.1, -0.05) is 54.2 Å². The molecule has 4 nitrogen and oxygen atoms in total. The monoisotopic (exact) mass is 383 g/mol. The second kappa shape index (κ2) is 8.96. The van der Waals surface area contributed by atoms with E-state index in [0.29, 0.717) is 5.75 Å². The fourth-order valence-corrected chi connectivity index (χ4v) is 3.86. The van der Waals surface area contributed by atoms with E-state index in [4.69, 9.17) is 0 Å². The van der Waals surface area contributed by atoms with Gasteiger partial charge in [-0.25, -0.2) is 4.98 Å². The van der Waals surface area contributed by atoms with Gasteiger partial charge >= 0.3 is 0 Å². The summed E-state index contributed by atoms with van der Waals surface area (Å²) in [6.07, 6.45) is 2.79. The molecule has 0 fully saturated rings. The molecule has 1 heterocycles. The molecule has 1 amide bonds. The lowest BCUT2D eigenvalue weighted by molar-refractivity contribution is -0.113. The predicted octanol–water partition coefficient (Wildman–Crippen LogP) is 4.76. The van der Waals surface area contributed by atoms with Crippen LogP contribution in [0.4, 0.5) is 5.69 Å². The molecule has 1 aromatic heterocycles. The number of aryl methyl sites for hydroxylation is 1. The van der Waals surface area contributed by atoms with Crippen molar-refractivity contribution in [1.82, 2.24) is 9.97 Å². The molecule has 3 aromatic rings. The number of rotatable bonds is 7. The van der Waals surface area contributed by atoms with Crippen LogP contribution in [0.1, 0.15) is 17.0 Å². The van der Waals surface area contributed by atoms with Gasteiger partial charge < -0.3 is 10.3 Å². The van der Waals surface area contributed by atoms with Crippen molar-refractivity contribution >= 4 is 35.1 Å². The minimum Gasteiger partial charge on any atom is -0.337 e. The Kier molecular flexibility index (Phi) is 6.41. The maximum absolute atomic E-state index is 12.3. The van der Waals surface area contributed by atoms with E-state index in [-0.39, 0.29) is 5.91 Å². The largest absolute Gasteiger partial charge is 0.337 e. The number of aromatic nitrogens is 2. The summed E-state index contributed by atoms with van der Waals surface area (Å²) in [6.45, 7) is 2.02. The van der Waals surface area contributed by atoms with Crippen molar-refractivity contribution in [2.75, 3.05) is 17.3 Å². The number of thioether (sulfide) groups is 2. The van der Waals surface area contributed by atoms with Crippen LogP contribution in [0.2, 0.25) is 0 Å². The molecule has 2 N–H and O–H groups in total. The molecular weight excluding hydrogens is 362 g/mol. The van der Waals surface area contributed by atoms with Gasteiger partial charge in [0.2, 0.25) is 5.91 Å². The highest BCUT2D eigenvalue weighted by Gasteiger charge is 2.11. The number of benzene rings is 2. The minimum atomic E-state index is -0.0323. The summed E-state index contributed by atoms with van der Waals surface area (Å²) in [5, 5.41) is 3.75. The number of nitrogens with zero attached hydrogens (tertiary/aromatic N) is 1. The first kappa shape index (κ1) is 18.6. The van der Waals surface area contributed by atoms with Crippen molar-refractivity contribution in [1.29, 1.82) is 0 Å². The van der Waals surface area contributed by atoms with E-state index in [1.807, 2.05) is 55.6 Å². The standard InChI is InChI=1S/C20H21N3OS2/c1-14-17(12-15-8-4-3-5-9-15)23-20(21-14)26-13-19(24)22-16-10-6-7-11-18(16)25-2/h3-11H,12-13H2,1-2H3,(H,21,23)(H,22,24). The van der Waals surface area contributed by atoms with Gasteiger partial charge in [0.25, 0.3) is 0 Å². The number of imidazole rings is 1. The van der Waals surface area contributed by atoms with Crippen molar-refractivity contribution in [2.24, 2.45) is 0 Å². The van der Waals surface area contributed by atoms with Crippen LogP contribution in [0.15, 0.2) is 64.6 Å². The number of hydrogen-bond acceptors (Lipinski definition) is 4. The van der Waals surface area contributed by atoms with E-state index in [2.05, 4.69) is 27.4 Å². The van der Waals surface area contributed by atoms with Gasteiger partial charge in [-0.2, -0.15) is 0 Å². The van der Waals surface area contributed by atoms with Gasteiger partial charge in [0.1, 0.15) is 0 Å². The lowest BCUT2D eigenvalue weighted by Gasteiger charge is -2.08. The Morgan fingerprint density at radius 3 is 2.62 bits per heavy atom. The molecule has 26 heavy (non-hydrogen) atoms. The molecule has 3 rings (SSSR count). The van der Waals surface area contributed by atoms with Crippen molar-refractivity contribution in [2.45, 2.75) is 23.4 Å². The highest BCUT2D eigenvalue weighted by molar-refractivity contribution is 7.99. The number of H-pyrrole nitrogens is 1. The summed E-state index contributed by atoms with van der Waals surface area (Å²) < 4.78 is 0. The number of carbonyl (C=O) groups is 1. The molecular formula is C20H21N3OS2. The molecule has 0 atom stereocenters. The molecule has 6 heteroatoms. The molecule has 0 aliphatic rings. The Morgan fingerprint density at radius 2 is 1.85 bits per heavy atom. The molecule has 134 valence electrons. The van der Waals surface area contributed by atoms with E-state index in [9.17, 15) is 4.79 Å². The van der Waals surface area contributed by atoms with E-state index >= 15 is 0 Å². The van der Waals surface area contributed by atoms with Crippen LogP contribution in [-0.2, 0) is 11.2 Å². The minimum absolute atomic E-state index is 0.0323. The average Bonchev–Trinajstić information content (AvgIpc) is 3.01. The zero-order valence-electron chi connectivity index (χ0n) is 14.8. The Bertz CT molecular complexity index is 878. The van der Waals surface area contributed by atoms with Gasteiger partial charge in [-0.05, 0) is 30.9 Å². The second-order valence-corrected chi connectivity index (χ2v) is 7.63. The first-order valence-corrected chi connectivity index (χ1v) is 10.5. The topological polar surface area (TPSA) is 57.8 Å².